The molecule has 0 atom stereocenters. The van der Waals surface area contributed by atoms with E-state index < -0.39 is 5.97 Å². The summed E-state index contributed by atoms with van der Waals surface area (Å²) in [7, 11) is 0. The van der Waals surface area contributed by atoms with Gasteiger partial charge in [-0.15, -0.1) is 5.06 Å². The van der Waals surface area contributed by atoms with E-state index in [1.807, 2.05) is 0 Å². The molecule has 0 heterocycles. The van der Waals surface area contributed by atoms with Crippen LogP contribution in [0.5, 0.6) is 0 Å². The summed E-state index contributed by atoms with van der Waals surface area (Å²) in [6.07, 6.45) is 0. The van der Waals surface area contributed by atoms with Gasteiger partial charge >= 0.3 is 5.97 Å². The van der Waals surface area contributed by atoms with Crippen LogP contribution in [0.15, 0.2) is 12.2 Å². The molecule has 0 spiro atoms. The number of aliphatic hydroxyl groups is 2. The third kappa shape index (κ3) is 8.07. The molecule has 0 aliphatic carbocycles. The molecular weight excluding hydrogens is 213 g/mol. The molecular formula is C8H15KNO4. The fourth-order valence-corrected chi connectivity index (χ4v) is 0.621. The molecule has 0 aliphatic heterocycles. The van der Waals surface area contributed by atoms with E-state index in [1.54, 1.807) is 0 Å². The van der Waals surface area contributed by atoms with Crippen LogP contribution in [0, 0.1) is 0 Å². The van der Waals surface area contributed by atoms with Crippen molar-refractivity contribution in [2.24, 2.45) is 0 Å². The molecule has 1 radical (unpaired) electrons. The van der Waals surface area contributed by atoms with Crippen molar-refractivity contribution in [3.8, 4) is 0 Å². The Hall–Kier alpha value is 0.726. The second-order valence-corrected chi connectivity index (χ2v) is 2.54. The first-order valence-corrected chi connectivity index (χ1v) is 3.96. The molecule has 2 N–H and O–H groups in total. The second-order valence-electron chi connectivity index (χ2n) is 2.54. The van der Waals surface area contributed by atoms with Crippen LogP contribution < -0.4 is 0 Å². The number of nitrogens with zero attached hydrogens (tertiary/aromatic N) is 1. The minimum atomic E-state index is -0.554. The van der Waals surface area contributed by atoms with Crippen LogP contribution >= 0.6 is 0 Å². The van der Waals surface area contributed by atoms with E-state index in [1.165, 1.54) is 12.0 Å². The standard InChI is InChI=1S/C8H15NO4.K/c1-7(2)8(12)13-9(3-5-10)4-6-11;/h10-11H,1,3-6H2,2H3;. The third-order valence-corrected chi connectivity index (χ3v) is 1.26. The summed E-state index contributed by atoms with van der Waals surface area (Å²) < 4.78 is 0. The Morgan fingerprint density at radius 2 is 1.79 bits per heavy atom. The summed E-state index contributed by atoms with van der Waals surface area (Å²) in [5.41, 5.74) is 0.279. The van der Waals surface area contributed by atoms with Crippen molar-refractivity contribution < 1.29 is 19.8 Å². The predicted molar refractivity (Wildman–Crippen MR) is 52.4 cm³/mol. The first-order chi connectivity index (χ1) is 6.11. The Morgan fingerprint density at radius 1 is 1.36 bits per heavy atom. The monoisotopic (exact) mass is 228 g/mol. The largest absolute Gasteiger partial charge is 0.395 e. The Labute approximate surface area is 126 Å². The fraction of sp³-hybridized carbons (Fsp3) is 0.625. The van der Waals surface area contributed by atoms with E-state index in [9.17, 15) is 4.79 Å². The molecule has 0 aliphatic rings. The summed E-state index contributed by atoms with van der Waals surface area (Å²) in [4.78, 5) is 15.7. The van der Waals surface area contributed by atoms with Crippen LogP contribution in [0.2, 0.25) is 0 Å². The molecule has 0 aromatic rings. The Bertz CT molecular complexity index is 180. The quantitative estimate of drug-likeness (QED) is 0.344. The maximum atomic E-state index is 11.0. The average Bonchev–Trinajstić information content (AvgIpc) is 2.05. The SMILES string of the molecule is C=C(C)C(=O)ON(CCO)CCO.[K]. The van der Waals surface area contributed by atoms with Gasteiger partial charge < -0.3 is 15.1 Å². The van der Waals surface area contributed by atoms with Crippen LogP contribution in [0.3, 0.4) is 0 Å². The molecule has 0 aromatic heterocycles. The maximum Gasteiger partial charge on any atom is 0.352 e. The first-order valence-electron chi connectivity index (χ1n) is 3.96. The number of carbonyl (C=O) groups excluding carboxylic acids is 1. The van der Waals surface area contributed by atoms with Gasteiger partial charge in [0.1, 0.15) is 0 Å². The number of aliphatic hydroxyl groups excluding tert-OH is 2. The molecule has 0 saturated carbocycles. The molecule has 14 heavy (non-hydrogen) atoms. The zero-order chi connectivity index (χ0) is 10.3. The van der Waals surface area contributed by atoms with Crippen molar-refractivity contribution in [3.05, 3.63) is 12.2 Å². The van der Waals surface area contributed by atoms with E-state index in [2.05, 4.69) is 6.58 Å². The molecule has 0 rings (SSSR count). The minimum Gasteiger partial charge on any atom is -0.395 e. The zero-order valence-electron chi connectivity index (χ0n) is 8.69. The Morgan fingerprint density at radius 3 is 2.07 bits per heavy atom. The molecule has 0 fully saturated rings. The van der Waals surface area contributed by atoms with Crippen molar-refractivity contribution in [2.75, 3.05) is 26.3 Å². The van der Waals surface area contributed by atoms with Crippen molar-refractivity contribution >= 4 is 57.4 Å². The summed E-state index contributed by atoms with van der Waals surface area (Å²) in [5, 5.41) is 18.3. The molecule has 0 aromatic carbocycles. The number of hydroxylamine groups is 2. The number of rotatable bonds is 6. The number of carbonyl (C=O) groups is 1. The van der Waals surface area contributed by atoms with E-state index in [0.29, 0.717) is 0 Å². The maximum absolute atomic E-state index is 11.0. The van der Waals surface area contributed by atoms with Crippen LogP contribution in [-0.2, 0) is 9.63 Å². The molecule has 0 unspecified atom stereocenters. The summed E-state index contributed by atoms with van der Waals surface area (Å²) in [6.45, 7) is 5.02. The van der Waals surface area contributed by atoms with Crippen LogP contribution in [0.1, 0.15) is 6.92 Å². The van der Waals surface area contributed by atoms with Gasteiger partial charge in [-0.1, -0.05) is 6.58 Å². The number of hydrogen-bond donors (Lipinski definition) is 2. The van der Waals surface area contributed by atoms with E-state index in [0.717, 1.165) is 0 Å². The van der Waals surface area contributed by atoms with Crippen LogP contribution in [0.25, 0.3) is 0 Å². The Balaban J connectivity index is 0. The van der Waals surface area contributed by atoms with Crippen molar-refractivity contribution in [3.63, 3.8) is 0 Å². The van der Waals surface area contributed by atoms with Gasteiger partial charge in [0.05, 0.1) is 26.3 Å². The fourth-order valence-electron chi connectivity index (χ4n) is 0.621. The van der Waals surface area contributed by atoms with Gasteiger partial charge in [-0.3, -0.25) is 0 Å². The first kappa shape index (κ1) is 17.1. The summed E-state index contributed by atoms with van der Waals surface area (Å²) in [6, 6.07) is 0. The van der Waals surface area contributed by atoms with Crippen molar-refractivity contribution in [2.45, 2.75) is 6.92 Å². The third-order valence-electron chi connectivity index (χ3n) is 1.26. The van der Waals surface area contributed by atoms with Gasteiger partial charge in [-0.2, -0.15) is 0 Å². The van der Waals surface area contributed by atoms with Gasteiger partial charge in [0.25, 0.3) is 0 Å². The van der Waals surface area contributed by atoms with Crippen LogP contribution in [0.4, 0.5) is 0 Å². The van der Waals surface area contributed by atoms with Gasteiger partial charge in [-0.25, -0.2) is 4.79 Å². The van der Waals surface area contributed by atoms with Crippen molar-refractivity contribution in [1.29, 1.82) is 0 Å². The molecule has 5 nitrogen and oxygen atoms in total. The number of hydrogen-bond acceptors (Lipinski definition) is 5. The zero-order valence-corrected chi connectivity index (χ0v) is 11.8. The molecule has 0 bridgehead atoms. The van der Waals surface area contributed by atoms with Gasteiger partial charge in [0, 0.05) is 57.0 Å². The topological polar surface area (TPSA) is 70.0 Å². The second kappa shape index (κ2) is 10.3. The van der Waals surface area contributed by atoms with E-state index in [4.69, 9.17) is 15.1 Å². The normalized spacial score (nSPS) is 9.43. The smallest absolute Gasteiger partial charge is 0.352 e. The van der Waals surface area contributed by atoms with Gasteiger partial charge in [-0.05, 0) is 6.92 Å². The predicted octanol–water partition coefficient (Wildman–Crippen LogP) is -1.07. The van der Waals surface area contributed by atoms with Gasteiger partial charge in [0.15, 0.2) is 0 Å². The summed E-state index contributed by atoms with van der Waals surface area (Å²) in [5.74, 6) is -0.554. The minimum absolute atomic E-state index is 0. The molecule has 6 heteroatoms. The van der Waals surface area contributed by atoms with E-state index >= 15 is 0 Å². The average molecular weight is 228 g/mol. The van der Waals surface area contributed by atoms with Gasteiger partial charge in [0.2, 0.25) is 0 Å². The molecule has 0 amide bonds. The van der Waals surface area contributed by atoms with E-state index in [-0.39, 0.29) is 83.3 Å². The molecule has 0 saturated heterocycles. The van der Waals surface area contributed by atoms with Crippen molar-refractivity contribution in [1.82, 2.24) is 5.06 Å². The van der Waals surface area contributed by atoms with Crippen LogP contribution in [-0.4, -0.2) is 98.9 Å². The summed E-state index contributed by atoms with van der Waals surface area (Å²) >= 11 is 0. The molecule has 77 valence electrons. The Kier molecular flexibility index (Phi) is 12.5.